The fourth-order valence-electron chi connectivity index (χ4n) is 2.14. The van der Waals surface area contributed by atoms with Crippen molar-refractivity contribution in [3.63, 3.8) is 0 Å². The second kappa shape index (κ2) is 7.87. The number of thioether (sulfide) groups is 1. The number of nitrogens with zero attached hydrogens (tertiary/aromatic N) is 1. The van der Waals surface area contributed by atoms with Crippen molar-refractivity contribution in [3.05, 3.63) is 23.8 Å². The molecule has 0 aliphatic carbocycles. The summed E-state index contributed by atoms with van der Waals surface area (Å²) >= 11 is 0.980. The lowest BCUT2D eigenvalue weighted by molar-refractivity contribution is -0.125. The van der Waals surface area contributed by atoms with Gasteiger partial charge in [-0.2, -0.15) is 0 Å². The highest BCUT2D eigenvalue weighted by atomic mass is 32.2. The van der Waals surface area contributed by atoms with Crippen molar-refractivity contribution in [2.75, 3.05) is 33.1 Å². The van der Waals surface area contributed by atoms with Crippen LogP contribution in [0.3, 0.4) is 0 Å². The van der Waals surface area contributed by atoms with Crippen LogP contribution in [0.4, 0.5) is 4.79 Å². The van der Waals surface area contributed by atoms with E-state index in [1.54, 1.807) is 25.3 Å². The van der Waals surface area contributed by atoms with Crippen LogP contribution in [-0.4, -0.2) is 55.0 Å². The summed E-state index contributed by atoms with van der Waals surface area (Å²) < 4.78 is 10.3. The Morgan fingerprint density at radius 2 is 2.09 bits per heavy atom. The molecule has 1 fully saturated rings. The molecule has 23 heavy (non-hydrogen) atoms. The molecule has 0 atom stereocenters. The molecule has 1 aliphatic heterocycles. The zero-order chi connectivity index (χ0) is 16.8. The quantitative estimate of drug-likeness (QED) is 0.800. The fraction of sp³-hybridized carbons (Fsp3) is 0.400. The number of carbonyl (C=O) groups excluding carboxylic acids is 3. The Morgan fingerprint density at radius 3 is 2.70 bits per heavy atom. The first-order valence-electron chi connectivity index (χ1n) is 7.00. The van der Waals surface area contributed by atoms with E-state index in [9.17, 15) is 14.4 Å². The van der Waals surface area contributed by atoms with Crippen molar-refractivity contribution in [3.8, 4) is 11.5 Å². The van der Waals surface area contributed by atoms with Crippen LogP contribution in [0.2, 0.25) is 0 Å². The highest BCUT2D eigenvalue weighted by molar-refractivity contribution is 8.14. The number of rotatable bonds is 7. The number of methoxy groups -OCH3 is 2. The van der Waals surface area contributed by atoms with Gasteiger partial charge >= 0.3 is 0 Å². The van der Waals surface area contributed by atoms with E-state index >= 15 is 0 Å². The lowest BCUT2D eigenvalue weighted by atomic mass is 10.1. The summed E-state index contributed by atoms with van der Waals surface area (Å²) in [5.41, 5.74) is 0.731. The van der Waals surface area contributed by atoms with E-state index in [-0.39, 0.29) is 42.3 Å². The molecular formula is C15H18N2O5S. The van der Waals surface area contributed by atoms with Crippen molar-refractivity contribution in [2.45, 2.75) is 6.42 Å². The summed E-state index contributed by atoms with van der Waals surface area (Å²) in [5, 5.41) is 2.44. The van der Waals surface area contributed by atoms with Gasteiger partial charge in [-0.25, -0.2) is 0 Å². The lowest BCUT2D eigenvalue weighted by Crippen LogP contribution is -2.37. The normalized spacial score (nSPS) is 14.1. The number of carbonyl (C=O) groups is 3. The van der Waals surface area contributed by atoms with Gasteiger partial charge in [0.05, 0.1) is 26.4 Å². The molecule has 2 rings (SSSR count). The minimum atomic E-state index is -0.263. The van der Waals surface area contributed by atoms with Crippen LogP contribution in [0.5, 0.6) is 11.5 Å². The van der Waals surface area contributed by atoms with Crippen LogP contribution in [0, 0.1) is 0 Å². The van der Waals surface area contributed by atoms with Gasteiger partial charge in [-0.05, 0) is 6.07 Å². The number of ether oxygens (including phenoxy) is 2. The standard InChI is InChI=1S/C15H18N2O5S/c1-21-11-4-3-10(12(8-11)22-2)7-13(18)16-5-6-17-14(19)9-23-15(17)20/h3-4,8H,5-7,9H2,1-2H3,(H,16,18). The van der Waals surface area contributed by atoms with Crippen molar-refractivity contribution in [2.24, 2.45) is 0 Å². The average Bonchev–Trinajstić information content (AvgIpc) is 2.87. The smallest absolute Gasteiger partial charge is 0.288 e. The van der Waals surface area contributed by atoms with Crippen molar-refractivity contribution in [1.29, 1.82) is 0 Å². The highest BCUT2D eigenvalue weighted by Gasteiger charge is 2.29. The van der Waals surface area contributed by atoms with Crippen LogP contribution in [-0.2, 0) is 16.0 Å². The molecule has 3 amide bonds. The molecule has 0 aromatic heterocycles. The maximum atomic E-state index is 12.0. The van der Waals surface area contributed by atoms with Crippen LogP contribution in [0.1, 0.15) is 5.56 Å². The van der Waals surface area contributed by atoms with Crippen LogP contribution >= 0.6 is 11.8 Å². The van der Waals surface area contributed by atoms with E-state index in [4.69, 9.17) is 9.47 Å². The van der Waals surface area contributed by atoms with Gasteiger partial charge in [0.15, 0.2) is 0 Å². The third-order valence-corrected chi connectivity index (χ3v) is 4.20. The van der Waals surface area contributed by atoms with Gasteiger partial charge in [0.2, 0.25) is 11.8 Å². The molecule has 1 saturated heterocycles. The zero-order valence-corrected chi connectivity index (χ0v) is 13.8. The number of amides is 3. The van der Waals surface area contributed by atoms with E-state index in [1.807, 2.05) is 0 Å². The Kier molecular flexibility index (Phi) is 5.86. The molecule has 1 aromatic rings. The zero-order valence-electron chi connectivity index (χ0n) is 13.0. The molecular weight excluding hydrogens is 320 g/mol. The van der Waals surface area contributed by atoms with Gasteiger partial charge in [-0.1, -0.05) is 17.8 Å². The van der Waals surface area contributed by atoms with Gasteiger partial charge in [-0.3, -0.25) is 19.3 Å². The molecule has 0 radical (unpaired) electrons. The molecule has 0 spiro atoms. The predicted octanol–water partition coefficient (Wildman–Crippen LogP) is 1.06. The Labute approximate surface area is 138 Å². The first-order chi connectivity index (χ1) is 11.0. The van der Waals surface area contributed by atoms with E-state index < -0.39 is 0 Å². The topological polar surface area (TPSA) is 84.9 Å². The van der Waals surface area contributed by atoms with Gasteiger partial charge in [0.1, 0.15) is 11.5 Å². The summed E-state index contributed by atoms with van der Waals surface area (Å²) in [6, 6.07) is 5.23. The third kappa shape index (κ3) is 4.38. The molecule has 0 saturated carbocycles. The molecule has 1 aromatic carbocycles. The van der Waals surface area contributed by atoms with Crippen LogP contribution < -0.4 is 14.8 Å². The van der Waals surface area contributed by atoms with Gasteiger partial charge in [0, 0.05) is 24.7 Å². The van der Waals surface area contributed by atoms with Gasteiger partial charge < -0.3 is 14.8 Å². The number of hydrogen-bond donors (Lipinski definition) is 1. The van der Waals surface area contributed by atoms with E-state index in [2.05, 4.69) is 5.32 Å². The Balaban J connectivity index is 1.85. The minimum Gasteiger partial charge on any atom is -0.497 e. The lowest BCUT2D eigenvalue weighted by Gasteiger charge is -2.14. The second-order valence-electron chi connectivity index (χ2n) is 4.80. The molecule has 124 valence electrons. The molecule has 1 heterocycles. The largest absolute Gasteiger partial charge is 0.497 e. The summed E-state index contributed by atoms with van der Waals surface area (Å²) in [5.74, 6) is 0.970. The van der Waals surface area contributed by atoms with Gasteiger partial charge in [-0.15, -0.1) is 0 Å². The number of nitrogens with one attached hydrogen (secondary N) is 1. The average molecular weight is 338 g/mol. The van der Waals surface area contributed by atoms with E-state index in [0.29, 0.717) is 11.5 Å². The Bertz CT molecular complexity index is 604. The Morgan fingerprint density at radius 1 is 1.30 bits per heavy atom. The number of hydrogen-bond acceptors (Lipinski definition) is 6. The predicted molar refractivity (Wildman–Crippen MR) is 85.8 cm³/mol. The van der Waals surface area contributed by atoms with Crippen LogP contribution in [0.25, 0.3) is 0 Å². The summed E-state index contributed by atoms with van der Waals surface area (Å²) in [6.45, 7) is 0.422. The minimum absolute atomic E-state index is 0.143. The summed E-state index contributed by atoms with van der Waals surface area (Å²) in [7, 11) is 3.08. The molecule has 1 aliphatic rings. The first-order valence-corrected chi connectivity index (χ1v) is 7.98. The van der Waals surface area contributed by atoms with E-state index in [1.165, 1.54) is 7.11 Å². The molecule has 0 bridgehead atoms. The molecule has 7 nitrogen and oxygen atoms in total. The number of benzene rings is 1. The van der Waals surface area contributed by atoms with Crippen molar-refractivity contribution < 1.29 is 23.9 Å². The third-order valence-electron chi connectivity index (χ3n) is 3.34. The number of imide groups is 1. The maximum Gasteiger partial charge on any atom is 0.288 e. The highest BCUT2D eigenvalue weighted by Crippen LogP contribution is 2.24. The van der Waals surface area contributed by atoms with Crippen molar-refractivity contribution in [1.82, 2.24) is 10.2 Å². The summed E-state index contributed by atoms with van der Waals surface area (Å²) in [6.07, 6.45) is 0.143. The van der Waals surface area contributed by atoms with Crippen LogP contribution in [0.15, 0.2) is 18.2 Å². The van der Waals surface area contributed by atoms with E-state index in [0.717, 1.165) is 22.2 Å². The molecule has 1 N–H and O–H groups in total. The summed E-state index contributed by atoms with van der Waals surface area (Å²) in [4.78, 5) is 36.0. The monoisotopic (exact) mass is 338 g/mol. The fourth-order valence-corrected chi connectivity index (χ4v) is 2.89. The molecule has 0 unspecified atom stereocenters. The SMILES string of the molecule is COc1ccc(CC(=O)NCCN2C(=O)CSC2=O)c(OC)c1. The maximum absolute atomic E-state index is 12.0. The van der Waals surface area contributed by atoms with Crippen molar-refractivity contribution >= 4 is 28.8 Å². The second-order valence-corrected chi connectivity index (χ2v) is 5.73. The molecule has 8 heteroatoms. The Hall–Kier alpha value is -2.22. The first kappa shape index (κ1) is 17.1. The van der Waals surface area contributed by atoms with Gasteiger partial charge in [0.25, 0.3) is 5.24 Å².